The Balaban J connectivity index is 1.56. The molecule has 0 radical (unpaired) electrons. The predicted octanol–water partition coefficient (Wildman–Crippen LogP) is 5.55. The smallest absolute Gasteiger partial charge is 0.238 e. The summed E-state index contributed by atoms with van der Waals surface area (Å²) in [5.41, 5.74) is 7.47. The number of carbonyl (C=O) groups excluding carboxylic acids is 2. The van der Waals surface area contributed by atoms with Gasteiger partial charge in [0.1, 0.15) is 0 Å². The van der Waals surface area contributed by atoms with Crippen molar-refractivity contribution in [1.82, 2.24) is 9.88 Å². The molecule has 0 saturated heterocycles. The van der Waals surface area contributed by atoms with E-state index in [4.69, 9.17) is 0 Å². The lowest BCUT2D eigenvalue weighted by Crippen LogP contribution is -2.38. The molecule has 4 rings (SSSR count). The summed E-state index contributed by atoms with van der Waals surface area (Å²) in [5, 5.41) is 7.11. The minimum Gasteiger partial charge on any atom is -0.324 e. The van der Waals surface area contributed by atoms with E-state index >= 15 is 0 Å². The van der Waals surface area contributed by atoms with Crippen molar-refractivity contribution >= 4 is 34.1 Å². The van der Waals surface area contributed by atoms with E-state index in [0.29, 0.717) is 6.54 Å². The average Bonchev–Trinajstić information content (AvgIpc) is 2.84. The molecule has 0 aliphatic heterocycles. The average molecular weight is 481 g/mol. The standard InChI is InChI=1S/C30H32N4O2/c1-20-9-5-10-21(2)28(20)32-26(35)18-34(17-25-14-7-13-24-15-8-16-31-30(24)25)19-27(36)33-29-22(3)11-6-12-23(29)4/h5-16H,17-19H2,1-4H3,(H,32,35)(H,33,36). The van der Waals surface area contributed by atoms with Crippen molar-refractivity contribution in [3.05, 3.63) is 101 Å². The van der Waals surface area contributed by atoms with Crippen molar-refractivity contribution in [2.45, 2.75) is 34.2 Å². The summed E-state index contributed by atoms with van der Waals surface area (Å²) in [6.45, 7) is 8.43. The van der Waals surface area contributed by atoms with Crippen LogP contribution in [0, 0.1) is 27.7 Å². The second kappa shape index (κ2) is 11.1. The molecule has 1 heterocycles. The van der Waals surface area contributed by atoms with Gasteiger partial charge in [0.25, 0.3) is 0 Å². The molecule has 2 amide bonds. The molecule has 0 unspecified atom stereocenters. The van der Waals surface area contributed by atoms with Gasteiger partial charge < -0.3 is 10.6 Å². The van der Waals surface area contributed by atoms with E-state index in [2.05, 4.69) is 15.6 Å². The number of aryl methyl sites for hydroxylation is 4. The van der Waals surface area contributed by atoms with Gasteiger partial charge >= 0.3 is 0 Å². The third-order valence-corrected chi connectivity index (χ3v) is 6.34. The van der Waals surface area contributed by atoms with Crippen molar-refractivity contribution in [3.63, 3.8) is 0 Å². The fourth-order valence-corrected chi connectivity index (χ4v) is 4.49. The molecule has 3 aromatic carbocycles. The molecule has 0 aliphatic rings. The van der Waals surface area contributed by atoms with Crippen LogP contribution in [0.15, 0.2) is 72.9 Å². The van der Waals surface area contributed by atoms with E-state index in [1.807, 2.05) is 99.3 Å². The van der Waals surface area contributed by atoms with Crippen LogP contribution in [0.2, 0.25) is 0 Å². The molecule has 184 valence electrons. The molecule has 0 bridgehead atoms. The lowest BCUT2D eigenvalue weighted by atomic mass is 10.1. The summed E-state index contributed by atoms with van der Waals surface area (Å²) >= 11 is 0. The van der Waals surface area contributed by atoms with Crippen molar-refractivity contribution in [2.24, 2.45) is 0 Å². The van der Waals surface area contributed by atoms with E-state index in [1.165, 1.54) is 0 Å². The monoisotopic (exact) mass is 480 g/mol. The predicted molar refractivity (Wildman–Crippen MR) is 146 cm³/mol. The summed E-state index contributed by atoms with van der Waals surface area (Å²) < 4.78 is 0. The van der Waals surface area contributed by atoms with E-state index < -0.39 is 0 Å². The second-order valence-corrected chi connectivity index (χ2v) is 9.27. The van der Waals surface area contributed by atoms with Crippen LogP contribution in [0.1, 0.15) is 27.8 Å². The van der Waals surface area contributed by atoms with Crippen LogP contribution in [0.3, 0.4) is 0 Å². The Morgan fingerprint density at radius 3 is 1.69 bits per heavy atom. The number of benzene rings is 3. The first-order valence-electron chi connectivity index (χ1n) is 12.1. The molecule has 2 N–H and O–H groups in total. The van der Waals surface area contributed by atoms with Gasteiger partial charge in [0.15, 0.2) is 0 Å². The maximum atomic E-state index is 13.1. The Morgan fingerprint density at radius 2 is 1.17 bits per heavy atom. The van der Waals surface area contributed by atoms with Crippen LogP contribution >= 0.6 is 0 Å². The van der Waals surface area contributed by atoms with Crippen molar-refractivity contribution < 1.29 is 9.59 Å². The fraction of sp³-hybridized carbons (Fsp3) is 0.233. The zero-order chi connectivity index (χ0) is 25.7. The minimum atomic E-state index is -0.166. The first-order chi connectivity index (χ1) is 17.3. The lowest BCUT2D eigenvalue weighted by molar-refractivity contribution is -0.120. The highest BCUT2D eigenvalue weighted by Gasteiger charge is 2.19. The third kappa shape index (κ3) is 5.96. The van der Waals surface area contributed by atoms with Crippen molar-refractivity contribution in [3.8, 4) is 0 Å². The zero-order valence-corrected chi connectivity index (χ0v) is 21.3. The Labute approximate surface area is 212 Å². The molecule has 0 saturated carbocycles. The number of pyridine rings is 1. The number of aromatic nitrogens is 1. The SMILES string of the molecule is Cc1cccc(C)c1NC(=O)CN(CC(=O)Nc1c(C)cccc1C)Cc1cccc2cccnc12. The van der Waals surface area contributed by atoms with E-state index in [1.54, 1.807) is 6.20 Å². The number of hydrogen-bond donors (Lipinski definition) is 2. The number of nitrogens with zero attached hydrogens (tertiary/aromatic N) is 2. The van der Waals surface area contributed by atoms with Gasteiger partial charge in [-0.1, -0.05) is 60.7 Å². The van der Waals surface area contributed by atoms with Crippen LogP contribution in [0.4, 0.5) is 11.4 Å². The van der Waals surface area contributed by atoms with Gasteiger partial charge in [0.05, 0.1) is 18.6 Å². The number of hydrogen-bond acceptors (Lipinski definition) is 4. The molecular formula is C30H32N4O2. The molecule has 0 aliphatic carbocycles. The first-order valence-corrected chi connectivity index (χ1v) is 12.1. The lowest BCUT2D eigenvalue weighted by Gasteiger charge is -2.23. The second-order valence-electron chi connectivity index (χ2n) is 9.27. The molecule has 36 heavy (non-hydrogen) atoms. The van der Waals surface area contributed by atoms with Crippen LogP contribution in [0.5, 0.6) is 0 Å². The molecule has 0 spiro atoms. The summed E-state index contributed by atoms with van der Waals surface area (Å²) in [4.78, 5) is 32.7. The molecule has 4 aromatic rings. The quantitative estimate of drug-likeness (QED) is 0.347. The largest absolute Gasteiger partial charge is 0.324 e. The highest BCUT2D eigenvalue weighted by molar-refractivity contribution is 5.96. The topological polar surface area (TPSA) is 74.3 Å². The molecule has 1 aromatic heterocycles. The van der Waals surface area contributed by atoms with Crippen molar-refractivity contribution in [2.75, 3.05) is 23.7 Å². The Bertz CT molecular complexity index is 1300. The number of rotatable bonds is 8. The number of fused-ring (bicyclic) bond motifs is 1. The Hall–Kier alpha value is -4.03. The maximum Gasteiger partial charge on any atom is 0.238 e. The summed E-state index contributed by atoms with van der Waals surface area (Å²) in [6.07, 6.45) is 1.76. The molecule has 6 heteroatoms. The van der Waals surface area contributed by atoms with Crippen LogP contribution < -0.4 is 10.6 Å². The van der Waals surface area contributed by atoms with Gasteiger partial charge in [-0.2, -0.15) is 0 Å². The van der Waals surface area contributed by atoms with Gasteiger partial charge in [-0.25, -0.2) is 0 Å². The summed E-state index contributed by atoms with van der Waals surface area (Å²) in [7, 11) is 0. The van der Waals surface area contributed by atoms with Gasteiger partial charge in [-0.05, 0) is 61.6 Å². The van der Waals surface area contributed by atoms with E-state index in [0.717, 1.165) is 50.1 Å². The molecule has 6 nitrogen and oxygen atoms in total. The van der Waals surface area contributed by atoms with E-state index in [9.17, 15) is 9.59 Å². The zero-order valence-electron chi connectivity index (χ0n) is 21.3. The minimum absolute atomic E-state index is 0.0666. The number of anilines is 2. The first kappa shape index (κ1) is 25.1. The van der Waals surface area contributed by atoms with E-state index in [-0.39, 0.29) is 24.9 Å². The number of carbonyl (C=O) groups is 2. The van der Waals surface area contributed by atoms with Gasteiger partial charge in [-0.3, -0.25) is 19.5 Å². The summed E-state index contributed by atoms with van der Waals surface area (Å²) in [5.74, 6) is -0.332. The number of nitrogens with one attached hydrogen (secondary N) is 2. The van der Waals surface area contributed by atoms with Gasteiger partial charge in [0, 0.05) is 29.5 Å². The van der Waals surface area contributed by atoms with Crippen LogP contribution in [-0.2, 0) is 16.1 Å². The Kier molecular flexibility index (Phi) is 7.76. The van der Waals surface area contributed by atoms with Gasteiger partial charge in [0.2, 0.25) is 11.8 Å². The number of para-hydroxylation sites is 3. The van der Waals surface area contributed by atoms with Crippen LogP contribution in [0.25, 0.3) is 10.9 Å². The highest BCUT2D eigenvalue weighted by atomic mass is 16.2. The fourth-order valence-electron chi connectivity index (χ4n) is 4.49. The highest BCUT2D eigenvalue weighted by Crippen LogP contribution is 2.22. The molecule has 0 atom stereocenters. The van der Waals surface area contributed by atoms with Crippen LogP contribution in [-0.4, -0.2) is 34.8 Å². The Morgan fingerprint density at radius 1 is 0.694 bits per heavy atom. The number of amides is 2. The third-order valence-electron chi connectivity index (χ3n) is 6.34. The summed E-state index contributed by atoms with van der Waals surface area (Å²) in [6, 6.07) is 21.7. The maximum absolute atomic E-state index is 13.1. The molecule has 0 fully saturated rings. The van der Waals surface area contributed by atoms with Crippen molar-refractivity contribution in [1.29, 1.82) is 0 Å². The van der Waals surface area contributed by atoms with Gasteiger partial charge in [-0.15, -0.1) is 0 Å². The molecular weight excluding hydrogens is 448 g/mol. The normalized spacial score (nSPS) is 11.0.